The number of anilines is 1. The Hall–Kier alpha value is -3.42. The number of rotatable bonds is 5. The molecule has 8 heteroatoms. The first-order valence-corrected chi connectivity index (χ1v) is 7.91. The standard InChI is InChI=1S/C18H19N5O3/c1-11-8-12(2)23(22-11)16-9-15(19-10-20-16)21-18(24)13-6-5-7-14(25-3)17(13)26-4/h5-10H,1-4H3,(H,19,20,21,24). The van der Waals surface area contributed by atoms with Crippen molar-refractivity contribution in [1.82, 2.24) is 19.7 Å². The van der Waals surface area contributed by atoms with Gasteiger partial charge in [0.2, 0.25) is 0 Å². The van der Waals surface area contributed by atoms with Gasteiger partial charge >= 0.3 is 0 Å². The normalized spacial score (nSPS) is 10.5. The number of hydrogen-bond donors (Lipinski definition) is 1. The molecule has 0 aliphatic carbocycles. The van der Waals surface area contributed by atoms with E-state index in [1.807, 2.05) is 19.9 Å². The smallest absolute Gasteiger partial charge is 0.260 e. The molecule has 134 valence electrons. The molecule has 0 bridgehead atoms. The van der Waals surface area contributed by atoms with Crippen molar-refractivity contribution >= 4 is 11.7 Å². The molecule has 1 aromatic carbocycles. The highest BCUT2D eigenvalue weighted by Gasteiger charge is 2.17. The van der Waals surface area contributed by atoms with Crippen molar-refractivity contribution < 1.29 is 14.3 Å². The highest BCUT2D eigenvalue weighted by molar-refractivity contribution is 6.06. The SMILES string of the molecule is COc1cccc(C(=O)Nc2cc(-n3nc(C)cc3C)ncn2)c1OC. The van der Waals surface area contributed by atoms with Crippen LogP contribution in [0.3, 0.4) is 0 Å². The van der Waals surface area contributed by atoms with Gasteiger partial charge in [0.1, 0.15) is 12.1 Å². The van der Waals surface area contributed by atoms with Crippen LogP contribution in [0, 0.1) is 13.8 Å². The van der Waals surface area contributed by atoms with Crippen LogP contribution in [-0.2, 0) is 0 Å². The summed E-state index contributed by atoms with van der Waals surface area (Å²) in [4.78, 5) is 21.0. The minimum absolute atomic E-state index is 0.345. The molecule has 0 aliphatic rings. The molecule has 2 aromatic heterocycles. The van der Waals surface area contributed by atoms with Crippen LogP contribution in [0.25, 0.3) is 5.82 Å². The van der Waals surface area contributed by atoms with E-state index in [2.05, 4.69) is 20.4 Å². The summed E-state index contributed by atoms with van der Waals surface area (Å²) >= 11 is 0. The molecular weight excluding hydrogens is 334 g/mol. The van der Waals surface area contributed by atoms with Crippen LogP contribution in [0.15, 0.2) is 36.7 Å². The molecule has 0 radical (unpaired) electrons. The first-order chi connectivity index (χ1) is 12.5. The zero-order valence-electron chi connectivity index (χ0n) is 15.0. The summed E-state index contributed by atoms with van der Waals surface area (Å²) in [6.45, 7) is 3.84. The number of nitrogens with zero attached hydrogens (tertiary/aromatic N) is 4. The molecule has 0 fully saturated rings. The molecule has 3 aromatic rings. The third-order valence-electron chi connectivity index (χ3n) is 3.77. The van der Waals surface area contributed by atoms with Gasteiger partial charge in [-0.2, -0.15) is 5.10 Å². The number of ether oxygens (including phenoxy) is 2. The van der Waals surface area contributed by atoms with E-state index in [9.17, 15) is 4.79 Å². The van der Waals surface area contributed by atoms with Crippen molar-refractivity contribution in [3.8, 4) is 17.3 Å². The van der Waals surface area contributed by atoms with Crippen LogP contribution < -0.4 is 14.8 Å². The molecule has 1 N–H and O–H groups in total. The van der Waals surface area contributed by atoms with Gasteiger partial charge in [-0.1, -0.05) is 6.07 Å². The maximum absolute atomic E-state index is 12.7. The second-order valence-corrected chi connectivity index (χ2v) is 5.60. The summed E-state index contributed by atoms with van der Waals surface area (Å²) in [6, 6.07) is 8.70. The van der Waals surface area contributed by atoms with Crippen molar-refractivity contribution in [2.75, 3.05) is 19.5 Å². The molecule has 8 nitrogen and oxygen atoms in total. The lowest BCUT2D eigenvalue weighted by Gasteiger charge is -2.12. The zero-order chi connectivity index (χ0) is 18.7. The fraction of sp³-hybridized carbons (Fsp3) is 0.222. The fourth-order valence-corrected chi connectivity index (χ4v) is 2.64. The van der Waals surface area contributed by atoms with E-state index >= 15 is 0 Å². The minimum atomic E-state index is -0.362. The van der Waals surface area contributed by atoms with Crippen LogP contribution in [0.1, 0.15) is 21.7 Å². The number of carbonyl (C=O) groups excluding carboxylic acids is 1. The number of para-hydroxylation sites is 1. The van der Waals surface area contributed by atoms with Crippen LogP contribution in [0.2, 0.25) is 0 Å². The van der Waals surface area contributed by atoms with Gasteiger partial charge in [0, 0.05) is 11.8 Å². The maximum atomic E-state index is 12.7. The van der Waals surface area contributed by atoms with E-state index in [-0.39, 0.29) is 5.91 Å². The van der Waals surface area contributed by atoms with Gasteiger partial charge in [-0.05, 0) is 32.0 Å². The number of aromatic nitrogens is 4. The van der Waals surface area contributed by atoms with Gasteiger partial charge in [-0.15, -0.1) is 0 Å². The zero-order valence-corrected chi connectivity index (χ0v) is 15.0. The third kappa shape index (κ3) is 3.34. The number of nitrogens with one attached hydrogen (secondary N) is 1. The van der Waals surface area contributed by atoms with Gasteiger partial charge in [0.05, 0.1) is 25.5 Å². The van der Waals surface area contributed by atoms with Crippen molar-refractivity contribution in [1.29, 1.82) is 0 Å². The van der Waals surface area contributed by atoms with Crippen molar-refractivity contribution in [2.24, 2.45) is 0 Å². The summed E-state index contributed by atoms with van der Waals surface area (Å²) in [5.41, 5.74) is 2.17. The molecule has 2 heterocycles. The van der Waals surface area contributed by atoms with Crippen LogP contribution in [0.5, 0.6) is 11.5 Å². The Kier molecular flexibility index (Phi) is 4.83. The van der Waals surface area contributed by atoms with Crippen molar-refractivity contribution in [2.45, 2.75) is 13.8 Å². The second-order valence-electron chi connectivity index (χ2n) is 5.60. The number of amides is 1. The number of benzene rings is 1. The molecule has 0 aliphatic heterocycles. The van der Waals surface area contributed by atoms with E-state index in [4.69, 9.17) is 9.47 Å². The number of hydrogen-bond acceptors (Lipinski definition) is 6. The molecule has 0 spiro atoms. The molecule has 0 saturated heterocycles. The van der Waals surface area contributed by atoms with E-state index in [0.29, 0.717) is 28.7 Å². The Bertz CT molecular complexity index is 952. The van der Waals surface area contributed by atoms with Gasteiger partial charge in [0.25, 0.3) is 5.91 Å². The average molecular weight is 353 g/mol. The summed E-state index contributed by atoms with van der Waals surface area (Å²) in [5, 5.41) is 7.14. The van der Waals surface area contributed by atoms with Gasteiger partial charge in [-0.25, -0.2) is 14.6 Å². The van der Waals surface area contributed by atoms with Gasteiger partial charge < -0.3 is 14.8 Å². The molecule has 3 rings (SSSR count). The Morgan fingerprint density at radius 1 is 1.12 bits per heavy atom. The quantitative estimate of drug-likeness (QED) is 0.758. The average Bonchev–Trinajstić information content (AvgIpc) is 2.99. The Morgan fingerprint density at radius 2 is 1.92 bits per heavy atom. The second kappa shape index (κ2) is 7.22. The first-order valence-electron chi connectivity index (χ1n) is 7.91. The Morgan fingerprint density at radius 3 is 2.58 bits per heavy atom. The number of methoxy groups -OCH3 is 2. The summed E-state index contributed by atoms with van der Waals surface area (Å²) < 4.78 is 12.2. The molecule has 1 amide bonds. The largest absolute Gasteiger partial charge is 0.493 e. The molecule has 0 atom stereocenters. The van der Waals surface area contributed by atoms with Crippen molar-refractivity contribution in [3.63, 3.8) is 0 Å². The van der Waals surface area contributed by atoms with E-state index in [1.165, 1.54) is 20.5 Å². The minimum Gasteiger partial charge on any atom is -0.493 e. The maximum Gasteiger partial charge on any atom is 0.260 e. The monoisotopic (exact) mass is 353 g/mol. The Balaban J connectivity index is 1.89. The van der Waals surface area contributed by atoms with Crippen LogP contribution in [-0.4, -0.2) is 39.9 Å². The van der Waals surface area contributed by atoms with E-state index in [1.54, 1.807) is 28.9 Å². The third-order valence-corrected chi connectivity index (χ3v) is 3.77. The van der Waals surface area contributed by atoms with Crippen LogP contribution in [0.4, 0.5) is 5.82 Å². The lowest BCUT2D eigenvalue weighted by atomic mass is 10.1. The molecular formula is C18H19N5O3. The summed E-state index contributed by atoms with van der Waals surface area (Å²) in [7, 11) is 3.00. The fourth-order valence-electron chi connectivity index (χ4n) is 2.64. The van der Waals surface area contributed by atoms with Gasteiger partial charge in [-0.3, -0.25) is 4.79 Å². The van der Waals surface area contributed by atoms with E-state index in [0.717, 1.165) is 11.4 Å². The Labute approximate surface area is 150 Å². The van der Waals surface area contributed by atoms with Gasteiger partial charge in [0.15, 0.2) is 17.3 Å². The highest BCUT2D eigenvalue weighted by atomic mass is 16.5. The van der Waals surface area contributed by atoms with E-state index < -0.39 is 0 Å². The predicted molar refractivity (Wildman–Crippen MR) is 96.1 cm³/mol. The topological polar surface area (TPSA) is 91.2 Å². The molecule has 26 heavy (non-hydrogen) atoms. The lowest BCUT2D eigenvalue weighted by Crippen LogP contribution is -2.15. The lowest BCUT2D eigenvalue weighted by molar-refractivity contribution is 0.102. The van der Waals surface area contributed by atoms with Crippen molar-refractivity contribution in [3.05, 3.63) is 53.6 Å². The number of carbonyl (C=O) groups is 1. The summed E-state index contributed by atoms with van der Waals surface area (Å²) in [6.07, 6.45) is 1.38. The molecule has 0 saturated carbocycles. The molecule has 0 unspecified atom stereocenters. The predicted octanol–water partition coefficient (Wildman–Crippen LogP) is 2.55. The highest BCUT2D eigenvalue weighted by Crippen LogP contribution is 2.31. The number of aryl methyl sites for hydroxylation is 2. The van der Waals surface area contributed by atoms with Crippen LogP contribution >= 0.6 is 0 Å². The first kappa shape index (κ1) is 17.4. The summed E-state index contributed by atoms with van der Waals surface area (Å²) in [5.74, 6) is 1.40.